The van der Waals surface area contributed by atoms with Crippen LogP contribution >= 0.6 is 0 Å². The van der Waals surface area contributed by atoms with Crippen molar-refractivity contribution in [1.29, 1.82) is 0 Å². The van der Waals surface area contributed by atoms with E-state index in [4.69, 9.17) is 4.42 Å². The van der Waals surface area contributed by atoms with Gasteiger partial charge >= 0.3 is 0 Å². The largest absolute Gasteiger partial charge is 0.467 e. The van der Waals surface area contributed by atoms with Crippen LogP contribution in [-0.4, -0.2) is 16.8 Å². The summed E-state index contributed by atoms with van der Waals surface area (Å²) in [6, 6.07) is 26.1. The molecule has 1 N–H and O–H groups in total. The third kappa shape index (κ3) is 4.70. The summed E-state index contributed by atoms with van der Waals surface area (Å²) in [4.78, 5) is 32.5. The molecule has 0 bridgehead atoms. The summed E-state index contributed by atoms with van der Waals surface area (Å²) in [6.07, 6.45) is 3.04. The fourth-order valence-electron chi connectivity index (χ4n) is 3.29. The Morgan fingerprint density at radius 1 is 0.871 bits per heavy atom. The molecule has 6 heteroatoms. The minimum absolute atomic E-state index is 0.235. The summed E-state index contributed by atoms with van der Waals surface area (Å²) >= 11 is 0. The van der Waals surface area contributed by atoms with Crippen molar-refractivity contribution in [3.63, 3.8) is 0 Å². The molecule has 1 atom stereocenters. The van der Waals surface area contributed by atoms with Gasteiger partial charge in [0, 0.05) is 18.4 Å². The maximum Gasteiger partial charge on any atom is 0.277 e. The Labute approximate surface area is 180 Å². The van der Waals surface area contributed by atoms with E-state index in [0.29, 0.717) is 18.0 Å². The van der Waals surface area contributed by atoms with Crippen LogP contribution in [-0.2, 0) is 11.3 Å². The molecule has 0 fully saturated rings. The number of hydrogen-bond acceptors (Lipinski definition) is 4. The lowest BCUT2D eigenvalue weighted by atomic mass is 10.1. The fourth-order valence-corrected chi connectivity index (χ4v) is 3.29. The van der Waals surface area contributed by atoms with Crippen LogP contribution in [0.2, 0.25) is 0 Å². The lowest BCUT2D eigenvalue weighted by Crippen LogP contribution is -2.44. The average Bonchev–Trinajstić information content (AvgIpc) is 3.37. The normalized spacial score (nSPS) is 11.5. The predicted molar refractivity (Wildman–Crippen MR) is 117 cm³/mol. The summed E-state index contributed by atoms with van der Waals surface area (Å²) in [5.41, 5.74) is 1.75. The van der Waals surface area contributed by atoms with Gasteiger partial charge in [-0.15, -0.1) is 0 Å². The van der Waals surface area contributed by atoms with E-state index in [-0.39, 0.29) is 11.6 Å². The van der Waals surface area contributed by atoms with Gasteiger partial charge in [0.2, 0.25) is 0 Å². The van der Waals surface area contributed by atoms with Gasteiger partial charge in [-0.05, 0) is 42.0 Å². The average molecular weight is 411 g/mol. The van der Waals surface area contributed by atoms with Gasteiger partial charge < -0.3 is 9.73 Å². The number of nitrogens with zero attached hydrogens (tertiary/aromatic N) is 2. The Kier molecular flexibility index (Phi) is 6.18. The first-order valence-corrected chi connectivity index (χ1v) is 9.89. The molecule has 2 aromatic carbocycles. The summed E-state index contributed by atoms with van der Waals surface area (Å²) < 4.78 is 5.58. The maximum atomic E-state index is 13.5. The molecule has 0 aliphatic carbocycles. The number of aromatic nitrogens is 1. The molecule has 0 unspecified atom stereocenters. The van der Waals surface area contributed by atoms with Crippen LogP contribution in [0.3, 0.4) is 0 Å². The third-order valence-corrected chi connectivity index (χ3v) is 4.77. The topological polar surface area (TPSA) is 75.4 Å². The van der Waals surface area contributed by atoms with E-state index in [0.717, 1.165) is 5.56 Å². The van der Waals surface area contributed by atoms with Crippen molar-refractivity contribution in [1.82, 2.24) is 10.3 Å². The standard InChI is InChI=1S/C25H21N3O3/c29-24(27-18-19-10-3-1-4-11-19)23(22-15-9-17-31-22)28(20-12-5-2-6-13-20)25(30)21-14-7-8-16-26-21/h1-17,23H,18H2,(H,27,29)/t23-/m0/s1. The highest BCUT2D eigenvalue weighted by Gasteiger charge is 2.35. The van der Waals surface area contributed by atoms with Crippen LogP contribution in [0.4, 0.5) is 5.69 Å². The number of nitrogens with one attached hydrogen (secondary N) is 1. The SMILES string of the molecule is O=C(NCc1ccccc1)[C@H](c1ccco1)N(C(=O)c1ccccn1)c1ccccc1. The van der Waals surface area contributed by atoms with E-state index in [2.05, 4.69) is 10.3 Å². The minimum atomic E-state index is -1.00. The quantitative estimate of drug-likeness (QED) is 0.490. The van der Waals surface area contributed by atoms with Gasteiger partial charge in [-0.1, -0.05) is 54.6 Å². The maximum absolute atomic E-state index is 13.5. The van der Waals surface area contributed by atoms with Gasteiger partial charge in [0.05, 0.1) is 6.26 Å². The van der Waals surface area contributed by atoms with E-state index in [1.54, 1.807) is 48.7 Å². The Balaban J connectivity index is 1.72. The second-order valence-electron chi connectivity index (χ2n) is 6.85. The molecule has 2 amide bonds. The summed E-state index contributed by atoms with van der Waals surface area (Å²) in [7, 11) is 0. The predicted octanol–water partition coefficient (Wildman–Crippen LogP) is 4.38. The highest BCUT2D eigenvalue weighted by Crippen LogP contribution is 2.29. The Bertz CT molecular complexity index is 1110. The van der Waals surface area contributed by atoms with Crippen LogP contribution in [0.1, 0.15) is 27.9 Å². The number of carbonyl (C=O) groups is 2. The molecule has 31 heavy (non-hydrogen) atoms. The number of furan rings is 1. The Hall–Kier alpha value is -4.19. The van der Waals surface area contributed by atoms with Crippen LogP contribution < -0.4 is 10.2 Å². The zero-order chi connectivity index (χ0) is 21.5. The van der Waals surface area contributed by atoms with Crippen molar-refractivity contribution >= 4 is 17.5 Å². The Morgan fingerprint density at radius 2 is 1.58 bits per heavy atom. The summed E-state index contributed by atoms with van der Waals surface area (Å²) in [6.45, 7) is 0.331. The van der Waals surface area contributed by atoms with Gasteiger partial charge in [-0.25, -0.2) is 0 Å². The molecular formula is C25H21N3O3. The van der Waals surface area contributed by atoms with Crippen molar-refractivity contribution in [3.8, 4) is 0 Å². The highest BCUT2D eigenvalue weighted by atomic mass is 16.3. The number of benzene rings is 2. The van der Waals surface area contributed by atoms with E-state index in [1.165, 1.54) is 11.2 Å². The first-order chi connectivity index (χ1) is 15.2. The molecule has 0 aliphatic rings. The lowest BCUT2D eigenvalue weighted by Gasteiger charge is -2.29. The van der Waals surface area contributed by atoms with Crippen LogP contribution in [0.25, 0.3) is 0 Å². The van der Waals surface area contributed by atoms with Gasteiger partial charge in [0.15, 0.2) is 6.04 Å². The third-order valence-electron chi connectivity index (χ3n) is 4.77. The number of carbonyl (C=O) groups excluding carboxylic acids is 2. The van der Waals surface area contributed by atoms with Crippen LogP contribution in [0, 0.1) is 0 Å². The van der Waals surface area contributed by atoms with Gasteiger partial charge in [0.1, 0.15) is 11.5 Å². The van der Waals surface area contributed by atoms with Crippen molar-refractivity contribution in [2.75, 3.05) is 4.90 Å². The molecule has 4 rings (SSSR count). The first kappa shape index (κ1) is 20.1. The smallest absolute Gasteiger partial charge is 0.277 e. The number of amides is 2. The number of anilines is 1. The molecule has 6 nitrogen and oxygen atoms in total. The molecule has 2 heterocycles. The van der Waals surface area contributed by atoms with Crippen molar-refractivity contribution in [2.45, 2.75) is 12.6 Å². The molecule has 0 aliphatic heterocycles. The van der Waals surface area contributed by atoms with E-state index < -0.39 is 11.9 Å². The summed E-state index contributed by atoms with van der Waals surface area (Å²) in [5, 5.41) is 2.93. The zero-order valence-corrected chi connectivity index (χ0v) is 16.7. The first-order valence-electron chi connectivity index (χ1n) is 9.89. The highest BCUT2D eigenvalue weighted by molar-refractivity contribution is 6.08. The lowest BCUT2D eigenvalue weighted by molar-refractivity contribution is -0.123. The number of pyridine rings is 1. The molecule has 0 saturated carbocycles. The van der Waals surface area contributed by atoms with Gasteiger partial charge in [-0.2, -0.15) is 0 Å². The summed E-state index contributed by atoms with van der Waals surface area (Å²) in [5.74, 6) is -0.395. The molecule has 0 spiro atoms. The minimum Gasteiger partial charge on any atom is -0.467 e. The van der Waals surface area contributed by atoms with Gasteiger partial charge in [-0.3, -0.25) is 19.5 Å². The molecule has 0 saturated heterocycles. The monoisotopic (exact) mass is 411 g/mol. The Morgan fingerprint density at radius 3 is 2.23 bits per heavy atom. The van der Waals surface area contributed by atoms with Crippen LogP contribution in [0.15, 0.2) is 108 Å². The zero-order valence-electron chi connectivity index (χ0n) is 16.7. The number of rotatable bonds is 7. The van der Waals surface area contributed by atoms with E-state index in [1.807, 2.05) is 48.5 Å². The molecule has 4 aromatic rings. The van der Waals surface area contributed by atoms with E-state index >= 15 is 0 Å². The van der Waals surface area contributed by atoms with E-state index in [9.17, 15) is 9.59 Å². The van der Waals surface area contributed by atoms with Crippen molar-refractivity contribution < 1.29 is 14.0 Å². The van der Waals surface area contributed by atoms with Crippen LogP contribution in [0.5, 0.6) is 0 Å². The molecule has 0 radical (unpaired) electrons. The second-order valence-corrected chi connectivity index (χ2v) is 6.85. The van der Waals surface area contributed by atoms with Crippen molar-refractivity contribution in [2.24, 2.45) is 0 Å². The second kappa shape index (κ2) is 9.54. The van der Waals surface area contributed by atoms with Crippen molar-refractivity contribution in [3.05, 3.63) is 120 Å². The molecular weight excluding hydrogens is 390 g/mol. The fraction of sp³-hybridized carbons (Fsp3) is 0.0800. The molecule has 2 aromatic heterocycles. The molecule has 154 valence electrons. The number of hydrogen-bond donors (Lipinski definition) is 1. The van der Waals surface area contributed by atoms with Gasteiger partial charge in [0.25, 0.3) is 11.8 Å². The number of para-hydroxylation sites is 1.